The quantitative estimate of drug-likeness (QED) is 0.800. The lowest BCUT2D eigenvalue weighted by atomic mass is 9.86. The van der Waals surface area contributed by atoms with Crippen LogP contribution in [0.5, 0.6) is 0 Å². The zero-order valence-electron chi connectivity index (χ0n) is 11.9. The summed E-state index contributed by atoms with van der Waals surface area (Å²) in [5, 5.41) is 3.61. The van der Waals surface area contributed by atoms with Crippen molar-refractivity contribution in [3.8, 4) is 0 Å². The van der Waals surface area contributed by atoms with Crippen molar-refractivity contribution in [2.45, 2.75) is 45.8 Å². The Morgan fingerprint density at radius 2 is 1.88 bits per heavy atom. The van der Waals surface area contributed by atoms with Crippen LogP contribution in [0.1, 0.15) is 40.0 Å². The summed E-state index contributed by atoms with van der Waals surface area (Å²) in [5.41, 5.74) is 0.197. The summed E-state index contributed by atoms with van der Waals surface area (Å²) in [6.45, 7) is 11.2. The molecule has 2 heterocycles. The summed E-state index contributed by atoms with van der Waals surface area (Å²) in [5.74, 6) is 0.824. The van der Waals surface area contributed by atoms with Crippen molar-refractivity contribution >= 4 is 0 Å². The molecule has 0 spiro atoms. The van der Waals surface area contributed by atoms with Crippen LogP contribution in [0, 0.1) is 11.3 Å². The predicted octanol–water partition coefficient (Wildman–Crippen LogP) is 2.08. The maximum Gasteiger partial charge on any atom is 0.116 e. The molecule has 3 heteroatoms. The predicted molar refractivity (Wildman–Crippen MR) is 71.0 cm³/mol. The fourth-order valence-electron chi connectivity index (χ4n) is 2.83. The van der Waals surface area contributed by atoms with E-state index < -0.39 is 0 Å². The van der Waals surface area contributed by atoms with Crippen molar-refractivity contribution in [3.63, 3.8) is 0 Å². The van der Waals surface area contributed by atoms with Crippen LogP contribution in [0.4, 0.5) is 0 Å². The van der Waals surface area contributed by atoms with Gasteiger partial charge in [0.15, 0.2) is 0 Å². The molecule has 0 aromatic carbocycles. The van der Waals surface area contributed by atoms with Crippen molar-refractivity contribution < 1.29 is 4.74 Å². The fraction of sp³-hybridized carbons (Fsp3) is 1.00. The molecule has 1 unspecified atom stereocenters. The van der Waals surface area contributed by atoms with Crippen LogP contribution < -0.4 is 5.32 Å². The molecule has 0 aliphatic carbocycles. The van der Waals surface area contributed by atoms with Gasteiger partial charge in [0.2, 0.25) is 0 Å². The fourth-order valence-corrected chi connectivity index (χ4v) is 2.83. The first-order valence-corrected chi connectivity index (χ1v) is 6.96. The SMILES string of the molecule is CN1CCC(CC2(C)NCC(C)(C)CO2)CC1. The monoisotopic (exact) mass is 240 g/mol. The van der Waals surface area contributed by atoms with E-state index in [1.165, 1.54) is 25.9 Å². The van der Waals surface area contributed by atoms with Gasteiger partial charge in [-0.25, -0.2) is 0 Å². The summed E-state index contributed by atoms with van der Waals surface area (Å²) in [6.07, 6.45) is 3.80. The summed E-state index contributed by atoms with van der Waals surface area (Å²) in [6, 6.07) is 0. The van der Waals surface area contributed by atoms with Gasteiger partial charge in [-0.15, -0.1) is 0 Å². The first-order valence-electron chi connectivity index (χ1n) is 6.96. The number of ether oxygens (including phenoxy) is 1. The van der Waals surface area contributed by atoms with E-state index in [4.69, 9.17) is 4.74 Å². The Hall–Kier alpha value is -0.120. The molecule has 2 aliphatic rings. The number of rotatable bonds is 2. The van der Waals surface area contributed by atoms with Crippen LogP contribution in [-0.2, 0) is 4.74 Å². The molecule has 0 amide bonds. The Labute approximate surface area is 106 Å². The lowest BCUT2D eigenvalue weighted by Gasteiger charge is -2.45. The largest absolute Gasteiger partial charge is 0.360 e. The molecule has 100 valence electrons. The molecule has 2 rings (SSSR count). The highest BCUT2D eigenvalue weighted by Gasteiger charge is 2.37. The van der Waals surface area contributed by atoms with Gasteiger partial charge < -0.3 is 9.64 Å². The van der Waals surface area contributed by atoms with Crippen LogP contribution in [0.25, 0.3) is 0 Å². The van der Waals surface area contributed by atoms with Gasteiger partial charge in [-0.05, 0) is 52.2 Å². The van der Waals surface area contributed by atoms with Crippen LogP contribution in [0.2, 0.25) is 0 Å². The lowest BCUT2D eigenvalue weighted by molar-refractivity contribution is -0.138. The number of hydrogen-bond donors (Lipinski definition) is 1. The highest BCUT2D eigenvalue weighted by molar-refractivity contribution is 4.87. The molecular weight excluding hydrogens is 212 g/mol. The molecule has 17 heavy (non-hydrogen) atoms. The average Bonchev–Trinajstić information content (AvgIpc) is 2.27. The molecule has 2 fully saturated rings. The van der Waals surface area contributed by atoms with Crippen molar-refractivity contribution in [2.24, 2.45) is 11.3 Å². The van der Waals surface area contributed by atoms with E-state index in [1.54, 1.807) is 0 Å². The third kappa shape index (κ3) is 3.67. The first-order chi connectivity index (χ1) is 7.89. The highest BCUT2D eigenvalue weighted by Crippen LogP contribution is 2.31. The first kappa shape index (κ1) is 13.3. The second kappa shape index (κ2) is 4.87. The maximum atomic E-state index is 6.09. The van der Waals surface area contributed by atoms with Crippen molar-refractivity contribution in [1.82, 2.24) is 10.2 Å². The standard InChI is InChI=1S/C14H28N2O/c1-13(2)10-15-14(3,17-11-13)9-12-5-7-16(4)8-6-12/h12,15H,5-11H2,1-4H3. The number of nitrogens with one attached hydrogen (secondary N) is 1. The van der Waals surface area contributed by atoms with Crippen LogP contribution in [-0.4, -0.2) is 43.9 Å². The third-order valence-electron chi connectivity index (χ3n) is 4.24. The zero-order chi connectivity index (χ0) is 12.5. The Kier molecular flexibility index (Phi) is 3.81. The van der Waals surface area contributed by atoms with Gasteiger partial charge >= 0.3 is 0 Å². The van der Waals surface area contributed by atoms with Gasteiger partial charge in [0, 0.05) is 12.0 Å². The van der Waals surface area contributed by atoms with E-state index in [9.17, 15) is 0 Å². The van der Waals surface area contributed by atoms with E-state index in [-0.39, 0.29) is 11.1 Å². The molecule has 1 atom stereocenters. The van der Waals surface area contributed by atoms with E-state index in [1.807, 2.05) is 0 Å². The van der Waals surface area contributed by atoms with Gasteiger partial charge in [-0.2, -0.15) is 0 Å². The maximum absolute atomic E-state index is 6.09. The minimum absolute atomic E-state index is 0.0872. The molecule has 0 radical (unpaired) electrons. The Bertz CT molecular complexity index is 247. The van der Waals surface area contributed by atoms with E-state index in [2.05, 4.69) is 38.0 Å². The molecular formula is C14H28N2O. The summed E-state index contributed by atoms with van der Waals surface area (Å²) in [4.78, 5) is 2.43. The Morgan fingerprint density at radius 3 is 2.41 bits per heavy atom. The molecule has 0 aromatic rings. The summed E-state index contributed by atoms with van der Waals surface area (Å²) >= 11 is 0. The van der Waals surface area contributed by atoms with Crippen LogP contribution >= 0.6 is 0 Å². The molecule has 0 aromatic heterocycles. The zero-order valence-corrected chi connectivity index (χ0v) is 11.9. The minimum atomic E-state index is -0.0872. The second-order valence-corrected chi connectivity index (χ2v) is 6.99. The minimum Gasteiger partial charge on any atom is -0.360 e. The molecule has 2 saturated heterocycles. The van der Waals surface area contributed by atoms with E-state index in [0.29, 0.717) is 0 Å². The summed E-state index contributed by atoms with van der Waals surface area (Å²) in [7, 11) is 2.22. The highest BCUT2D eigenvalue weighted by atomic mass is 16.5. The molecule has 0 bridgehead atoms. The van der Waals surface area contributed by atoms with Crippen LogP contribution in [0.3, 0.4) is 0 Å². The van der Waals surface area contributed by atoms with Gasteiger partial charge in [0.25, 0.3) is 0 Å². The lowest BCUT2D eigenvalue weighted by Crippen LogP contribution is -2.56. The number of hydrogen-bond acceptors (Lipinski definition) is 3. The van der Waals surface area contributed by atoms with Crippen molar-refractivity contribution in [1.29, 1.82) is 0 Å². The molecule has 2 aliphatic heterocycles. The summed E-state index contributed by atoms with van der Waals surface area (Å²) < 4.78 is 6.09. The second-order valence-electron chi connectivity index (χ2n) is 6.99. The number of nitrogens with zero attached hydrogens (tertiary/aromatic N) is 1. The topological polar surface area (TPSA) is 24.5 Å². The number of likely N-dealkylation sites (tertiary alicyclic amines) is 1. The molecule has 0 saturated carbocycles. The van der Waals surface area contributed by atoms with Crippen molar-refractivity contribution in [3.05, 3.63) is 0 Å². The number of piperidine rings is 1. The third-order valence-corrected chi connectivity index (χ3v) is 4.24. The Balaban J connectivity index is 1.82. The van der Waals surface area contributed by atoms with Crippen LogP contribution in [0.15, 0.2) is 0 Å². The van der Waals surface area contributed by atoms with Gasteiger partial charge in [0.1, 0.15) is 5.72 Å². The van der Waals surface area contributed by atoms with Gasteiger partial charge in [-0.3, -0.25) is 5.32 Å². The van der Waals surface area contributed by atoms with Gasteiger partial charge in [-0.1, -0.05) is 13.8 Å². The van der Waals surface area contributed by atoms with Gasteiger partial charge in [0.05, 0.1) is 6.61 Å². The molecule has 3 nitrogen and oxygen atoms in total. The Morgan fingerprint density at radius 1 is 1.24 bits per heavy atom. The molecule has 1 N–H and O–H groups in total. The smallest absolute Gasteiger partial charge is 0.116 e. The normalized spacial score (nSPS) is 36.0. The van der Waals surface area contributed by atoms with E-state index in [0.717, 1.165) is 25.5 Å². The van der Waals surface area contributed by atoms with E-state index >= 15 is 0 Å². The average molecular weight is 240 g/mol. The van der Waals surface area contributed by atoms with Crippen molar-refractivity contribution in [2.75, 3.05) is 33.3 Å².